The molecule has 0 spiro atoms. The van der Waals surface area contributed by atoms with E-state index in [4.69, 9.17) is 21.1 Å². The van der Waals surface area contributed by atoms with Gasteiger partial charge in [0.15, 0.2) is 0 Å². The Labute approximate surface area is 128 Å². The molecule has 0 bridgehead atoms. The summed E-state index contributed by atoms with van der Waals surface area (Å²) < 4.78 is 15.3. The maximum Gasteiger partial charge on any atom is 0.513 e. The van der Waals surface area contributed by atoms with Gasteiger partial charge in [-0.05, 0) is 48.9 Å². The van der Waals surface area contributed by atoms with Crippen LogP contribution < -0.4 is 9.47 Å². The van der Waals surface area contributed by atoms with Gasteiger partial charge < -0.3 is 14.2 Å². The van der Waals surface area contributed by atoms with E-state index in [1.165, 1.54) is 0 Å². The summed E-state index contributed by atoms with van der Waals surface area (Å²) in [6.07, 6.45) is -0.715. The SMILES string of the molecule is CCOC(=O)Oc1ccc(OCc2ccc(Cl)cc2)cc1. The second kappa shape index (κ2) is 7.55. The van der Waals surface area contributed by atoms with Crippen LogP contribution in [0.25, 0.3) is 0 Å². The third-order valence-corrected chi connectivity index (χ3v) is 2.86. The zero-order valence-electron chi connectivity index (χ0n) is 11.5. The van der Waals surface area contributed by atoms with Gasteiger partial charge in [0.2, 0.25) is 0 Å². The summed E-state index contributed by atoms with van der Waals surface area (Å²) in [4.78, 5) is 11.1. The van der Waals surface area contributed by atoms with Crippen molar-refractivity contribution in [3.63, 3.8) is 0 Å². The van der Waals surface area contributed by atoms with Gasteiger partial charge in [-0.3, -0.25) is 0 Å². The minimum absolute atomic E-state index is 0.279. The highest BCUT2D eigenvalue weighted by atomic mass is 35.5. The van der Waals surface area contributed by atoms with Crippen LogP contribution in [0.2, 0.25) is 5.02 Å². The molecule has 0 saturated carbocycles. The lowest BCUT2D eigenvalue weighted by molar-refractivity contribution is 0.104. The Morgan fingerprint density at radius 3 is 2.24 bits per heavy atom. The Morgan fingerprint density at radius 2 is 1.62 bits per heavy atom. The molecule has 2 aromatic rings. The molecular formula is C16H15ClO4. The lowest BCUT2D eigenvalue weighted by Gasteiger charge is -2.08. The Morgan fingerprint density at radius 1 is 1.00 bits per heavy atom. The quantitative estimate of drug-likeness (QED) is 0.604. The molecule has 5 heteroatoms. The Balaban J connectivity index is 1.87. The third kappa shape index (κ3) is 5.00. The summed E-state index contributed by atoms with van der Waals surface area (Å²) in [6.45, 7) is 2.44. The van der Waals surface area contributed by atoms with Gasteiger partial charge in [-0.2, -0.15) is 0 Å². The predicted octanol–water partition coefficient (Wildman–Crippen LogP) is 4.45. The topological polar surface area (TPSA) is 44.8 Å². The van der Waals surface area contributed by atoms with Crippen molar-refractivity contribution in [3.05, 3.63) is 59.1 Å². The molecule has 0 aliphatic rings. The first-order valence-electron chi connectivity index (χ1n) is 6.49. The first-order valence-corrected chi connectivity index (χ1v) is 6.87. The van der Waals surface area contributed by atoms with Crippen LogP contribution in [-0.2, 0) is 11.3 Å². The fraction of sp³-hybridized carbons (Fsp3) is 0.188. The highest BCUT2D eigenvalue weighted by Crippen LogP contribution is 2.19. The molecule has 0 atom stereocenters. The molecular weight excluding hydrogens is 292 g/mol. The van der Waals surface area contributed by atoms with Gasteiger partial charge in [0, 0.05) is 5.02 Å². The van der Waals surface area contributed by atoms with Crippen LogP contribution in [0.4, 0.5) is 4.79 Å². The van der Waals surface area contributed by atoms with E-state index in [9.17, 15) is 4.79 Å². The molecule has 0 radical (unpaired) electrons. The largest absolute Gasteiger partial charge is 0.513 e. The van der Waals surface area contributed by atoms with Crippen LogP contribution in [0, 0.1) is 0 Å². The van der Waals surface area contributed by atoms with E-state index in [0.717, 1.165) is 5.56 Å². The van der Waals surface area contributed by atoms with Gasteiger partial charge in [-0.1, -0.05) is 23.7 Å². The molecule has 0 aromatic heterocycles. The molecule has 0 fully saturated rings. The monoisotopic (exact) mass is 306 g/mol. The first kappa shape index (κ1) is 15.2. The maximum atomic E-state index is 11.1. The van der Waals surface area contributed by atoms with Crippen LogP contribution in [0.1, 0.15) is 12.5 Å². The van der Waals surface area contributed by atoms with Crippen LogP contribution in [-0.4, -0.2) is 12.8 Å². The van der Waals surface area contributed by atoms with E-state index in [0.29, 0.717) is 23.1 Å². The normalized spacial score (nSPS) is 10.0. The zero-order chi connectivity index (χ0) is 15.1. The van der Waals surface area contributed by atoms with Crippen molar-refractivity contribution in [1.82, 2.24) is 0 Å². The van der Waals surface area contributed by atoms with Crippen molar-refractivity contribution in [2.75, 3.05) is 6.61 Å². The molecule has 110 valence electrons. The van der Waals surface area contributed by atoms with Gasteiger partial charge >= 0.3 is 6.16 Å². The Kier molecular flexibility index (Phi) is 5.46. The lowest BCUT2D eigenvalue weighted by atomic mass is 10.2. The smallest absolute Gasteiger partial charge is 0.489 e. The number of hydrogen-bond donors (Lipinski definition) is 0. The first-order chi connectivity index (χ1) is 10.2. The summed E-state index contributed by atoms with van der Waals surface area (Å²) in [5, 5.41) is 0.694. The van der Waals surface area contributed by atoms with Gasteiger partial charge in [0.25, 0.3) is 0 Å². The number of rotatable bonds is 5. The van der Waals surface area contributed by atoms with Crippen molar-refractivity contribution in [2.24, 2.45) is 0 Å². The molecule has 21 heavy (non-hydrogen) atoms. The molecule has 2 aromatic carbocycles. The van der Waals surface area contributed by atoms with E-state index in [-0.39, 0.29) is 6.61 Å². The fourth-order valence-corrected chi connectivity index (χ4v) is 1.72. The number of ether oxygens (including phenoxy) is 3. The molecule has 0 saturated heterocycles. The van der Waals surface area contributed by atoms with Crippen molar-refractivity contribution in [3.8, 4) is 11.5 Å². The van der Waals surface area contributed by atoms with E-state index in [1.807, 2.05) is 24.3 Å². The minimum atomic E-state index is -0.715. The summed E-state index contributed by atoms with van der Waals surface area (Å²) in [7, 11) is 0. The van der Waals surface area contributed by atoms with Gasteiger partial charge in [-0.25, -0.2) is 4.79 Å². The van der Waals surface area contributed by atoms with E-state index in [2.05, 4.69) is 4.74 Å². The van der Waals surface area contributed by atoms with Crippen LogP contribution >= 0.6 is 11.6 Å². The molecule has 0 unspecified atom stereocenters. The molecule has 0 amide bonds. The average molecular weight is 307 g/mol. The highest BCUT2D eigenvalue weighted by molar-refractivity contribution is 6.30. The van der Waals surface area contributed by atoms with Gasteiger partial charge in [0.05, 0.1) is 6.61 Å². The molecule has 4 nitrogen and oxygen atoms in total. The third-order valence-electron chi connectivity index (χ3n) is 2.61. The van der Waals surface area contributed by atoms with Crippen LogP contribution in [0.5, 0.6) is 11.5 Å². The molecule has 0 aliphatic heterocycles. The average Bonchev–Trinajstić information content (AvgIpc) is 2.48. The minimum Gasteiger partial charge on any atom is -0.489 e. The second-order valence-electron chi connectivity index (χ2n) is 4.17. The van der Waals surface area contributed by atoms with E-state index >= 15 is 0 Å². The maximum absolute atomic E-state index is 11.1. The lowest BCUT2D eigenvalue weighted by Crippen LogP contribution is -2.09. The van der Waals surface area contributed by atoms with Crippen molar-refractivity contribution in [1.29, 1.82) is 0 Å². The second-order valence-corrected chi connectivity index (χ2v) is 4.61. The summed E-state index contributed by atoms with van der Waals surface area (Å²) in [5.74, 6) is 1.09. The molecule has 0 aliphatic carbocycles. The van der Waals surface area contributed by atoms with Gasteiger partial charge in [0.1, 0.15) is 18.1 Å². The molecule has 2 rings (SSSR count). The zero-order valence-corrected chi connectivity index (χ0v) is 12.3. The summed E-state index contributed by atoms with van der Waals surface area (Å²) >= 11 is 5.82. The van der Waals surface area contributed by atoms with Crippen molar-refractivity contribution in [2.45, 2.75) is 13.5 Å². The Hall–Kier alpha value is -2.20. The van der Waals surface area contributed by atoms with Crippen molar-refractivity contribution >= 4 is 17.8 Å². The van der Waals surface area contributed by atoms with E-state index < -0.39 is 6.16 Å². The van der Waals surface area contributed by atoms with Crippen LogP contribution in [0.15, 0.2) is 48.5 Å². The number of halogens is 1. The number of benzene rings is 2. The molecule has 0 N–H and O–H groups in total. The molecule has 0 heterocycles. The van der Waals surface area contributed by atoms with Crippen LogP contribution in [0.3, 0.4) is 0 Å². The van der Waals surface area contributed by atoms with E-state index in [1.54, 1.807) is 31.2 Å². The highest BCUT2D eigenvalue weighted by Gasteiger charge is 2.04. The van der Waals surface area contributed by atoms with Crippen molar-refractivity contribution < 1.29 is 19.0 Å². The summed E-state index contributed by atoms with van der Waals surface area (Å²) in [6, 6.07) is 14.2. The number of carbonyl (C=O) groups excluding carboxylic acids is 1. The number of carbonyl (C=O) groups is 1. The van der Waals surface area contributed by atoms with Gasteiger partial charge in [-0.15, -0.1) is 0 Å². The number of hydrogen-bond acceptors (Lipinski definition) is 4. The fourth-order valence-electron chi connectivity index (χ4n) is 1.59. The Bertz CT molecular complexity index is 578. The summed E-state index contributed by atoms with van der Waals surface area (Å²) in [5.41, 5.74) is 1.02. The standard InChI is InChI=1S/C16H15ClO4/c1-2-19-16(18)21-15-9-7-14(8-10-15)20-11-12-3-5-13(17)6-4-12/h3-10H,2,11H2,1H3. The predicted molar refractivity (Wildman–Crippen MR) is 79.9 cm³/mol.